The lowest BCUT2D eigenvalue weighted by molar-refractivity contribution is -0.143. The summed E-state index contributed by atoms with van der Waals surface area (Å²) in [7, 11) is 0. The zero-order chi connectivity index (χ0) is 21.1. The zero-order valence-electron chi connectivity index (χ0n) is 16.1. The fourth-order valence-electron chi connectivity index (χ4n) is 4.58. The topological polar surface area (TPSA) is 108 Å². The fourth-order valence-corrected chi connectivity index (χ4v) is 4.58. The molecule has 0 aromatic carbocycles. The van der Waals surface area contributed by atoms with E-state index in [2.05, 4.69) is 20.4 Å². The molecule has 4 aromatic rings. The number of aromatic amines is 1. The van der Waals surface area contributed by atoms with Crippen molar-refractivity contribution in [2.45, 2.75) is 6.04 Å². The fraction of sp³-hybridized carbons (Fsp3) is 0.182. The second kappa shape index (κ2) is 6.49. The molecular weight excluding hydrogens is 399 g/mol. The first-order valence-electron chi connectivity index (χ1n) is 9.93. The number of rotatable bonds is 4. The maximum Gasteiger partial charge on any atom is 0.309 e. The van der Waals surface area contributed by atoms with Gasteiger partial charge in [-0.1, -0.05) is 24.3 Å². The highest BCUT2D eigenvalue weighted by atomic mass is 19.1. The van der Waals surface area contributed by atoms with Crippen LogP contribution in [0.4, 0.5) is 10.2 Å². The highest BCUT2D eigenvalue weighted by Gasteiger charge is 2.42. The number of nitrogens with zero attached hydrogens (tertiary/aromatic N) is 4. The molecule has 0 spiro atoms. The van der Waals surface area contributed by atoms with Crippen LogP contribution < -0.4 is 5.32 Å². The number of aromatic nitrogens is 5. The summed E-state index contributed by atoms with van der Waals surface area (Å²) >= 11 is 0. The van der Waals surface area contributed by atoms with E-state index in [0.29, 0.717) is 28.2 Å². The average molecular weight is 416 g/mol. The van der Waals surface area contributed by atoms with Gasteiger partial charge in [0.15, 0.2) is 11.6 Å². The molecule has 0 saturated carbocycles. The molecule has 9 heteroatoms. The van der Waals surface area contributed by atoms with Gasteiger partial charge in [-0.05, 0) is 18.2 Å². The predicted octanol–water partition coefficient (Wildman–Crippen LogP) is 3.27. The third-order valence-electron chi connectivity index (χ3n) is 6.05. The number of carboxylic acid groups (broad SMARTS) is 1. The van der Waals surface area contributed by atoms with Gasteiger partial charge in [0.1, 0.15) is 17.0 Å². The highest BCUT2D eigenvalue weighted by Crippen LogP contribution is 2.38. The second-order valence-electron chi connectivity index (χ2n) is 7.83. The molecule has 8 nitrogen and oxygen atoms in total. The molecule has 3 N–H and O–H groups in total. The number of fused-ring (bicyclic) bond motifs is 3. The maximum atomic E-state index is 13.8. The molecule has 0 saturated heterocycles. The van der Waals surface area contributed by atoms with E-state index < -0.39 is 17.7 Å². The first-order valence-corrected chi connectivity index (χ1v) is 9.93. The van der Waals surface area contributed by atoms with Crippen LogP contribution >= 0.6 is 0 Å². The van der Waals surface area contributed by atoms with E-state index in [1.807, 2.05) is 36.4 Å². The van der Waals surface area contributed by atoms with Crippen LogP contribution in [-0.4, -0.2) is 41.7 Å². The number of H-pyrrole nitrogens is 1. The van der Waals surface area contributed by atoms with Gasteiger partial charge in [-0.3, -0.25) is 4.79 Å². The van der Waals surface area contributed by atoms with Gasteiger partial charge >= 0.3 is 5.97 Å². The Balaban J connectivity index is 1.47. The smallest absolute Gasteiger partial charge is 0.309 e. The Bertz CT molecular complexity index is 1390. The monoisotopic (exact) mass is 416 g/mol. The molecule has 7 rings (SSSR count). The summed E-state index contributed by atoms with van der Waals surface area (Å²) in [5, 5.41) is 18.4. The minimum Gasteiger partial charge on any atom is -0.481 e. The number of nitrogens with one attached hydrogen (secondary N) is 2. The lowest BCUT2D eigenvalue weighted by Gasteiger charge is -2.39. The third kappa shape index (κ3) is 2.73. The van der Waals surface area contributed by atoms with Crippen LogP contribution in [0.2, 0.25) is 0 Å². The third-order valence-corrected chi connectivity index (χ3v) is 6.05. The van der Waals surface area contributed by atoms with Gasteiger partial charge in [0.05, 0.1) is 18.2 Å². The molecule has 3 aliphatic carbocycles. The highest BCUT2D eigenvalue weighted by molar-refractivity contribution is 5.92. The zero-order valence-corrected chi connectivity index (χ0v) is 16.1. The predicted molar refractivity (Wildman–Crippen MR) is 112 cm³/mol. The number of aliphatic carboxylic acids is 1. The van der Waals surface area contributed by atoms with Crippen LogP contribution in [0.1, 0.15) is 0 Å². The van der Waals surface area contributed by atoms with Crippen LogP contribution in [-0.2, 0) is 4.79 Å². The van der Waals surface area contributed by atoms with Gasteiger partial charge in [0.2, 0.25) is 0 Å². The molecule has 1 unspecified atom stereocenters. The van der Waals surface area contributed by atoms with Crippen molar-refractivity contribution in [3.8, 4) is 11.4 Å². The molecule has 2 bridgehead atoms. The Morgan fingerprint density at radius 2 is 2.03 bits per heavy atom. The molecule has 2 atom stereocenters. The standard InChI is InChI=1S/C22H17FN6O2/c23-13-8-14-15(10-25-19(14)24-9-13)20-27-21(16-2-1-7-29(16)28-20)26-18-12-5-3-11(4-6-12)17(18)22(30)31/h1-12,17-18H,(H,24,25)(H,30,31)(H,26,27,28)/t11?,12?,17?,18-/m0/s1. The van der Waals surface area contributed by atoms with E-state index in [1.54, 1.807) is 16.9 Å². The Morgan fingerprint density at radius 3 is 2.84 bits per heavy atom. The van der Waals surface area contributed by atoms with E-state index in [0.717, 1.165) is 11.7 Å². The minimum atomic E-state index is -0.847. The Morgan fingerprint density at radius 1 is 1.23 bits per heavy atom. The lowest BCUT2D eigenvalue weighted by Crippen LogP contribution is -2.47. The quantitative estimate of drug-likeness (QED) is 0.441. The van der Waals surface area contributed by atoms with Gasteiger partial charge in [-0.25, -0.2) is 18.9 Å². The van der Waals surface area contributed by atoms with Crippen molar-refractivity contribution in [3.05, 3.63) is 66.9 Å². The number of halogens is 1. The molecule has 4 heterocycles. The molecule has 4 aromatic heterocycles. The first-order chi connectivity index (χ1) is 15.1. The van der Waals surface area contributed by atoms with Crippen molar-refractivity contribution < 1.29 is 14.3 Å². The van der Waals surface area contributed by atoms with E-state index in [9.17, 15) is 14.3 Å². The summed E-state index contributed by atoms with van der Waals surface area (Å²) in [6.45, 7) is 0. The van der Waals surface area contributed by atoms with Gasteiger partial charge in [-0.15, -0.1) is 5.10 Å². The van der Waals surface area contributed by atoms with Crippen LogP contribution in [0, 0.1) is 23.6 Å². The number of allylic oxidation sites excluding steroid dienone is 2. The minimum absolute atomic E-state index is 0.0501. The summed E-state index contributed by atoms with van der Waals surface area (Å²) in [5.41, 5.74) is 1.87. The van der Waals surface area contributed by atoms with Crippen molar-refractivity contribution in [1.82, 2.24) is 24.6 Å². The molecule has 154 valence electrons. The number of hydrogen-bond acceptors (Lipinski definition) is 5. The summed E-state index contributed by atoms with van der Waals surface area (Å²) < 4.78 is 15.5. The molecule has 0 fully saturated rings. The number of pyridine rings is 1. The molecule has 0 amide bonds. The Hall–Kier alpha value is -4.01. The van der Waals surface area contributed by atoms with Gasteiger partial charge in [0.25, 0.3) is 0 Å². The van der Waals surface area contributed by atoms with Crippen molar-refractivity contribution >= 4 is 28.3 Å². The van der Waals surface area contributed by atoms with Gasteiger partial charge in [-0.2, -0.15) is 0 Å². The van der Waals surface area contributed by atoms with Crippen molar-refractivity contribution in [1.29, 1.82) is 0 Å². The van der Waals surface area contributed by atoms with Crippen LogP contribution in [0.15, 0.2) is 61.1 Å². The van der Waals surface area contributed by atoms with E-state index >= 15 is 0 Å². The Labute approximate surface area is 175 Å². The summed E-state index contributed by atoms with van der Waals surface area (Å²) in [5.74, 6) is -1.20. The normalized spacial score (nSPS) is 24.3. The first kappa shape index (κ1) is 17.8. The lowest BCUT2D eigenvalue weighted by atomic mass is 9.70. The van der Waals surface area contributed by atoms with E-state index in [1.165, 1.54) is 6.07 Å². The molecular formula is C22H17FN6O2. The largest absolute Gasteiger partial charge is 0.481 e. The van der Waals surface area contributed by atoms with E-state index in [-0.39, 0.29) is 17.9 Å². The summed E-state index contributed by atoms with van der Waals surface area (Å²) in [6.07, 6.45) is 12.6. The number of hydrogen-bond donors (Lipinski definition) is 3. The maximum absolute atomic E-state index is 13.8. The molecule has 31 heavy (non-hydrogen) atoms. The molecule has 3 aliphatic rings. The van der Waals surface area contributed by atoms with Crippen LogP contribution in [0.25, 0.3) is 27.9 Å². The van der Waals surface area contributed by atoms with Crippen molar-refractivity contribution in [2.75, 3.05) is 5.32 Å². The van der Waals surface area contributed by atoms with Crippen LogP contribution in [0.5, 0.6) is 0 Å². The molecule has 0 radical (unpaired) electrons. The second-order valence-corrected chi connectivity index (χ2v) is 7.83. The summed E-state index contributed by atoms with van der Waals surface area (Å²) in [4.78, 5) is 23.8. The van der Waals surface area contributed by atoms with Crippen molar-refractivity contribution in [2.24, 2.45) is 17.8 Å². The molecule has 0 aliphatic heterocycles. The average Bonchev–Trinajstić information content (AvgIpc) is 3.41. The van der Waals surface area contributed by atoms with Gasteiger partial charge < -0.3 is 15.4 Å². The SMILES string of the molecule is O=C(O)C1C2C=CC(C=C2)[C@@H]1Nc1nc(-c2c[nH]c3ncc(F)cc23)nn2cccc12. The number of carbonyl (C=O) groups is 1. The number of carboxylic acids is 1. The van der Waals surface area contributed by atoms with Crippen LogP contribution in [0.3, 0.4) is 0 Å². The Kier molecular flexibility index (Phi) is 3.73. The number of anilines is 1. The summed E-state index contributed by atoms with van der Waals surface area (Å²) in [6, 6.07) is 4.75. The van der Waals surface area contributed by atoms with Gasteiger partial charge in [0, 0.05) is 35.2 Å². The van der Waals surface area contributed by atoms with Crippen molar-refractivity contribution in [3.63, 3.8) is 0 Å². The van der Waals surface area contributed by atoms with E-state index in [4.69, 9.17) is 4.98 Å².